The molecule has 1 fully saturated rings. The fraction of sp³-hybridized carbons (Fsp3) is 0.538. The van der Waals surface area contributed by atoms with Crippen LogP contribution in [0.25, 0.3) is 0 Å². The van der Waals surface area contributed by atoms with Crippen LogP contribution < -0.4 is 4.74 Å². The van der Waals surface area contributed by atoms with Crippen LogP contribution in [0.4, 0.5) is 0 Å². The standard InChI is InChI=1S/C13H17ClN2O2/c1-16(8-9-6-10(14)7-9)13(17)11-4-3-5-15-12(11)18-2/h3-5,9-10H,6-8H2,1-2H3. The normalized spacial score (nSPS) is 22.2. The van der Waals surface area contributed by atoms with Gasteiger partial charge in [-0.1, -0.05) is 0 Å². The number of alkyl halides is 1. The van der Waals surface area contributed by atoms with Crippen molar-refractivity contribution >= 4 is 17.5 Å². The fourth-order valence-electron chi connectivity index (χ4n) is 2.20. The van der Waals surface area contributed by atoms with Gasteiger partial charge in [0.1, 0.15) is 5.56 Å². The van der Waals surface area contributed by atoms with E-state index < -0.39 is 0 Å². The number of nitrogens with zero attached hydrogens (tertiary/aromatic N) is 2. The number of methoxy groups -OCH3 is 1. The van der Waals surface area contributed by atoms with Crippen LogP contribution in [-0.2, 0) is 0 Å². The van der Waals surface area contributed by atoms with Crippen molar-refractivity contribution in [1.29, 1.82) is 0 Å². The maximum atomic E-state index is 12.3. The molecule has 0 radical (unpaired) electrons. The van der Waals surface area contributed by atoms with Gasteiger partial charge in [0.15, 0.2) is 0 Å². The number of aromatic nitrogens is 1. The first kappa shape index (κ1) is 13.1. The van der Waals surface area contributed by atoms with Crippen LogP contribution in [0, 0.1) is 5.92 Å². The largest absolute Gasteiger partial charge is 0.480 e. The summed E-state index contributed by atoms with van der Waals surface area (Å²) < 4.78 is 5.10. The summed E-state index contributed by atoms with van der Waals surface area (Å²) in [4.78, 5) is 18.0. The van der Waals surface area contributed by atoms with E-state index in [9.17, 15) is 4.79 Å². The zero-order chi connectivity index (χ0) is 13.1. The Labute approximate surface area is 112 Å². The van der Waals surface area contributed by atoms with Crippen molar-refractivity contribution in [2.24, 2.45) is 5.92 Å². The van der Waals surface area contributed by atoms with Gasteiger partial charge in [0, 0.05) is 25.2 Å². The average Bonchev–Trinajstić information content (AvgIpc) is 2.35. The molecule has 0 atom stereocenters. The summed E-state index contributed by atoms with van der Waals surface area (Å²) in [5, 5.41) is 0.284. The van der Waals surface area contributed by atoms with Gasteiger partial charge in [0.2, 0.25) is 5.88 Å². The third-order valence-corrected chi connectivity index (χ3v) is 3.61. The van der Waals surface area contributed by atoms with Crippen molar-refractivity contribution in [2.45, 2.75) is 18.2 Å². The molecule has 0 unspecified atom stereocenters. The van der Waals surface area contributed by atoms with E-state index in [2.05, 4.69) is 4.98 Å². The van der Waals surface area contributed by atoms with Crippen LogP contribution >= 0.6 is 11.6 Å². The fourth-order valence-corrected chi connectivity index (χ4v) is 2.70. The molecule has 98 valence electrons. The van der Waals surface area contributed by atoms with E-state index in [0.29, 0.717) is 17.4 Å². The highest BCUT2D eigenvalue weighted by atomic mass is 35.5. The second-order valence-electron chi connectivity index (χ2n) is 4.68. The highest BCUT2D eigenvalue weighted by Gasteiger charge is 2.29. The summed E-state index contributed by atoms with van der Waals surface area (Å²) >= 11 is 5.94. The molecule has 1 amide bonds. The van der Waals surface area contributed by atoms with E-state index in [1.807, 2.05) is 0 Å². The Kier molecular flexibility index (Phi) is 4.07. The molecule has 0 aromatic carbocycles. The minimum atomic E-state index is -0.0574. The van der Waals surface area contributed by atoms with Gasteiger partial charge in [-0.25, -0.2) is 4.98 Å². The number of ether oxygens (including phenoxy) is 1. The lowest BCUT2D eigenvalue weighted by atomic mass is 9.84. The summed E-state index contributed by atoms with van der Waals surface area (Å²) in [7, 11) is 3.32. The first-order valence-electron chi connectivity index (χ1n) is 6.00. The summed E-state index contributed by atoms with van der Waals surface area (Å²) in [5.41, 5.74) is 0.504. The zero-order valence-electron chi connectivity index (χ0n) is 10.6. The topological polar surface area (TPSA) is 42.4 Å². The molecule has 4 nitrogen and oxygen atoms in total. The Hall–Kier alpha value is -1.29. The van der Waals surface area contributed by atoms with Gasteiger partial charge in [-0.15, -0.1) is 11.6 Å². The van der Waals surface area contributed by atoms with Crippen LogP contribution in [0.2, 0.25) is 0 Å². The maximum absolute atomic E-state index is 12.3. The average molecular weight is 269 g/mol. The lowest BCUT2D eigenvalue weighted by Gasteiger charge is -2.34. The Bertz CT molecular complexity index is 433. The summed E-state index contributed by atoms with van der Waals surface area (Å²) in [6.45, 7) is 0.736. The molecule has 1 aliphatic carbocycles. The van der Waals surface area contributed by atoms with Crippen LogP contribution in [0.15, 0.2) is 18.3 Å². The Morgan fingerprint density at radius 2 is 2.33 bits per heavy atom. The molecule has 1 aromatic heterocycles. The monoisotopic (exact) mass is 268 g/mol. The van der Waals surface area contributed by atoms with Crippen LogP contribution in [0.3, 0.4) is 0 Å². The second kappa shape index (κ2) is 5.57. The molecular weight excluding hydrogens is 252 g/mol. The second-order valence-corrected chi connectivity index (χ2v) is 5.30. The van der Waals surface area contributed by atoms with Crippen molar-refractivity contribution in [2.75, 3.05) is 20.7 Å². The van der Waals surface area contributed by atoms with E-state index in [1.165, 1.54) is 7.11 Å². The van der Waals surface area contributed by atoms with Crippen LogP contribution in [0.1, 0.15) is 23.2 Å². The van der Waals surface area contributed by atoms with Gasteiger partial charge in [-0.2, -0.15) is 0 Å². The smallest absolute Gasteiger partial charge is 0.259 e. The van der Waals surface area contributed by atoms with Crippen LogP contribution in [-0.4, -0.2) is 41.9 Å². The van der Waals surface area contributed by atoms with E-state index in [1.54, 1.807) is 30.3 Å². The Balaban J connectivity index is 2.01. The maximum Gasteiger partial charge on any atom is 0.259 e. The third-order valence-electron chi connectivity index (χ3n) is 3.25. The molecule has 0 saturated heterocycles. The molecule has 2 rings (SSSR count). The Morgan fingerprint density at radius 1 is 1.61 bits per heavy atom. The molecule has 0 aliphatic heterocycles. The van der Waals surface area contributed by atoms with E-state index in [0.717, 1.165) is 19.4 Å². The van der Waals surface area contributed by atoms with E-state index >= 15 is 0 Å². The Morgan fingerprint density at radius 3 is 2.94 bits per heavy atom. The van der Waals surface area contributed by atoms with Crippen molar-refractivity contribution < 1.29 is 9.53 Å². The van der Waals surface area contributed by atoms with Crippen LogP contribution in [0.5, 0.6) is 5.88 Å². The molecule has 18 heavy (non-hydrogen) atoms. The summed E-state index contributed by atoms with van der Waals surface area (Å²) in [6, 6.07) is 3.47. The molecule has 0 bridgehead atoms. The van der Waals surface area contributed by atoms with Gasteiger partial charge in [0.25, 0.3) is 5.91 Å². The predicted octanol–water partition coefficient (Wildman–Crippen LogP) is 2.18. The predicted molar refractivity (Wildman–Crippen MR) is 70.1 cm³/mol. The molecule has 5 heteroatoms. The third kappa shape index (κ3) is 2.75. The molecular formula is C13H17ClN2O2. The first-order chi connectivity index (χ1) is 8.61. The van der Waals surface area contributed by atoms with Crippen molar-refractivity contribution in [3.05, 3.63) is 23.9 Å². The first-order valence-corrected chi connectivity index (χ1v) is 6.44. The van der Waals surface area contributed by atoms with E-state index in [4.69, 9.17) is 16.3 Å². The number of pyridine rings is 1. The highest BCUT2D eigenvalue weighted by Crippen LogP contribution is 2.32. The van der Waals surface area contributed by atoms with Gasteiger partial charge in [-0.05, 0) is 30.9 Å². The molecule has 1 aliphatic rings. The minimum absolute atomic E-state index is 0.0574. The summed E-state index contributed by atoms with van der Waals surface area (Å²) in [5.74, 6) is 0.834. The van der Waals surface area contributed by atoms with Crippen molar-refractivity contribution in [3.63, 3.8) is 0 Å². The number of carbonyl (C=O) groups excluding carboxylic acids is 1. The van der Waals surface area contributed by atoms with Gasteiger partial charge in [0.05, 0.1) is 7.11 Å². The summed E-state index contributed by atoms with van der Waals surface area (Å²) in [6.07, 6.45) is 3.59. The molecule has 0 spiro atoms. The number of amides is 1. The number of carbonyl (C=O) groups is 1. The molecule has 1 heterocycles. The number of rotatable bonds is 4. The van der Waals surface area contributed by atoms with Gasteiger partial charge in [-0.3, -0.25) is 4.79 Å². The van der Waals surface area contributed by atoms with E-state index in [-0.39, 0.29) is 11.3 Å². The highest BCUT2D eigenvalue weighted by molar-refractivity contribution is 6.21. The number of halogens is 1. The quantitative estimate of drug-likeness (QED) is 0.786. The van der Waals surface area contributed by atoms with Crippen molar-refractivity contribution in [3.8, 4) is 5.88 Å². The minimum Gasteiger partial charge on any atom is -0.480 e. The zero-order valence-corrected chi connectivity index (χ0v) is 11.4. The molecule has 0 N–H and O–H groups in total. The SMILES string of the molecule is COc1ncccc1C(=O)N(C)CC1CC(Cl)C1. The van der Waals surface area contributed by atoms with Gasteiger partial charge < -0.3 is 9.64 Å². The molecule has 1 aromatic rings. The lowest BCUT2D eigenvalue weighted by Crippen LogP contribution is -2.38. The number of hydrogen-bond acceptors (Lipinski definition) is 3. The number of hydrogen-bond donors (Lipinski definition) is 0. The van der Waals surface area contributed by atoms with Crippen molar-refractivity contribution in [1.82, 2.24) is 9.88 Å². The van der Waals surface area contributed by atoms with Gasteiger partial charge >= 0.3 is 0 Å². The lowest BCUT2D eigenvalue weighted by molar-refractivity contribution is 0.0742. The molecule has 1 saturated carbocycles.